The van der Waals surface area contributed by atoms with E-state index in [9.17, 15) is 4.39 Å². The van der Waals surface area contributed by atoms with Gasteiger partial charge in [-0.25, -0.2) is 4.39 Å². The summed E-state index contributed by atoms with van der Waals surface area (Å²) in [7, 11) is 0. The first-order valence-corrected chi connectivity index (χ1v) is 6.56. The molecule has 19 heavy (non-hydrogen) atoms. The number of benzene rings is 1. The van der Waals surface area contributed by atoms with Crippen LogP contribution in [0.1, 0.15) is 18.9 Å². The smallest absolute Gasteiger partial charge is 0.126 e. The molecule has 1 unspecified atom stereocenters. The van der Waals surface area contributed by atoms with Gasteiger partial charge in [0, 0.05) is 18.8 Å². The number of rotatable bonds is 7. The first-order chi connectivity index (χ1) is 9.25. The van der Waals surface area contributed by atoms with E-state index in [2.05, 4.69) is 22.6 Å². The zero-order chi connectivity index (χ0) is 13.5. The van der Waals surface area contributed by atoms with Gasteiger partial charge < -0.3 is 5.32 Å². The number of aromatic nitrogens is 3. The number of hydrogen-bond acceptors (Lipinski definition) is 3. The van der Waals surface area contributed by atoms with Gasteiger partial charge in [0.2, 0.25) is 0 Å². The number of aryl methyl sites for hydroxylation is 1. The van der Waals surface area contributed by atoms with Crippen LogP contribution in [0.4, 0.5) is 4.39 Å². The maximum Gasteiger partial charge on any atom is 0.126 e. The Morgan fingerprint density at radius 1 is 1.37 bits per heavy atom. The Morgan fingerprint density at radius 3 is 2.95 bits per heavy atom. The standard InChI is InChI=1S/C14H19FN4/c1-12(11-13-5-2-3-6-14(13)15)16-7-4-9-19-10-8-17-18-19/h2-3,5-6,8,10,12,16H,4,7,9,11H2,1H3. The van der Waals surface area contributed by atoms with Crippen molar-refractivity contribution in [1.82, 2.24) is 20.3 Å². The Morgan fingerprint density at radius 2 is 2.21 bits per heavy atom. The Kier molecular flexibility index (Phi) is 5.03. The van der Waals surface area contributed by atoms with E-state index in [1.807, 2.05) is 23.0 Å². The molecule has 2 aromatic rings. The largest absolute Gasteiger partial charge is 0.314 e. The summed E-state index contributed by atoms with van der Waals surface area (Å²) in [6.07, 6.45) is 5.21. The molecule has 0 aliphatic heterocycles. The maximum atomic E-state index is 13.5. The third-order valence-corrected chi connectivity index (χ3v) is 3.01. The number of nitrogens with zero attached hydrogens (tertiary/aromatic N) is 3. The molecule has 0 bridgehead atoms. The van der Waals surface area contributed by atoms with Gasteiger partial charge >= 0.3 is 0 Å². The highest BCUT2D eigenvalue weighted by Gasteiger charge is 2.06. The fraction of sp³-hybridized carbons (Fsp3) is 0.429. The molecule has 1 aromatic heterocycles. The van der Waals surface area contributed by atoms with Crippen LogP contribution in [0.5, 0.6) is 0 Å². The van der Waals surface area contributed by atoms with Crippen molar-refractivity contribution >= 4 is 0 Å². The molecule has 0 aliphatic carbocycles. The van der Waals surface area contributed by atoms with Crippen LogP contribution in [0.25, 0.3) is 0 Å². The van der Waals surface area contributed by atoms with Crippen LogP contribution in [-0.4, -0.2) is 27.6 Å². The average molecular weight is 262 g/mol. The normalized spacial score (nSPS) is 12.5. The third kappa shape index (κ3) is 4.44. The lowest BCUT2D eigenvalue weighted by Crippen LogP contribution is -2.29. The van der Waals surface area contributed by atoms with Gasteiger partial charge in [-0.15, -0.1) is 5.10 Å². The van der Waals surface area contributed by atoms with Crippen LogP contribution in [0.3, 0.4) is 0 Å². The monoisotopic (exact) mass is 262 g/mol. The van der Waals surface area contributed by atoms with Crippen LogP contribution in [0.15, 0.2) is 36.7 Å². The fourth-order valence-corrected chi connectivity index (χ4v) is 2.01. The molecule has 4 nitrogen and oxygen atoms in total. The highest BCUT2D eigenvalue weighted by Crippen LogP contribution is 2.08. The summed E-state index contributed by atoms with van der Waals surface area (Å²) >= 11 is 0. The molecule has 1 heterocycles. The minimum atomic E-state index is -0.126. The highest BCUT2D eigenvalue weighted by atomic mass is 19.1. The van der Waals surface area contributed by atoms with E-state index in [0.717, 1.165) is 25.1 Å². The molecule has 1 aromatic carbocycles. The first-order valence-electron chi connectivity index (χ1n) is 6.56. The molecule has 0 aliphatic rings. The van der Waals surface area contributed by atoms with Crippen LogP contribution < -0.4 is 5.32 Å². The van der Waals surface area contributed by atoms with Crippen LogP contribution in [0, 0.1) is 5.82 Å². The van der Waals surface area contributed by atoms with Gasteiger partial charge in [-0.2, -0.15) is 0 Å². The summed E-state index contributed by atoms with van der Waals surface area (Å²) in [6.45, 7) is 3.80. The second-order valence-corrected chi connectivity index (χ2v) is 4.67. The number of hydrogen-bond donors (Lipinski definition) is 1. The summed E-state index contributed by atoms with van der Waals surface area (Å²) in [5, 5.41) is 11.0. The zero-order valence-electron chi connectivity index (χ0n) is 11.1. The molecule has 5 heteroatoms. The van der Waals surface area contributed by atoms with Gasteiger partial charge in [0.25, 0.3) is 0 Å². The van der Waals surface area contributed by atoms with Gasteiger partial charge in [0.05, 0.1) is 6.20 Å². The Balaban J connectivity index is 1.67. The molecule has 0 saturated heterocycles. The zero-order valence-corrected chi connectivity index (χ0v) is 11.1. The first kappa shape index (κ1) is 13.7. The van der Waals surface area contributed by atoms with Crippen molar-refractivity contribution in [3.8, 4) is 0 Å². The number of nitrogens with one attached hydrogen (secondary N) is 1. The topological polar surface area (TPSA) is 42.7 Å². The van der Waals surface area contributed by atoms with Crippen molar-refractivity contribution in [1.29, 1.82) is 0 Å². The van der Waals surface area contributed by atoms with Gasteiger partial charge in [0.15, 0.2) is 0 Å². The van der Waals surface area contributed by atoms with E-state index in [0.29, 0.717) is 6.42 Å². The lowest BCUT2D eigenvalue weighted by molar-refractivity contribution is 0.483. The fourth-order valence-electron chi connectivity index (χ4n) is 2.01. The molecule has 102 valence electrons. The van der Waals surface area contributed by atoms with Crippen molar-refractivity contribution in [3.05, 3.63) is 48.0 Å². The molecule has 2 rings (SSSR count). The van der Waals surface area contributed by atoms with Crippen molar-refractivity contribution < 1.29 is 4.39 Å². The average Bonchev–Trinajstić information content (AvgIpc) is 2.91. The molecule has 1 atom stereocenters. The maximum absolute atomic E-state index is 13.5. The Bertz CT molecular complexity index is 484. The van der Waals surface area contributed by atoms with Crippen molar-refractivity contribution in [2.45, 2.75) is 32.4 Å². The highest BCUT2D eigenvalue weighted by molar-refractivity contribution is 5.18. The van der Waals surface area contributed by atoms with E-state index in [4.69, 9.17) is 0 Å². The predicted octanol–water partition coefficient (Wildman–Crippen LogP) is 2.03. The van der Waals surface area contributed by atoms with Crippen LogP contribution >= 0.6 is 0 Å². The van der Waals surface area contributed by atoms with E-state index < -0.39 is 0 Å². The van der Waals surface area contributed by atoms with Crippen molar-refractivity contribution in [3.63, 3.8) is 0 Å². The molecule has 0 amide bonds. The van der Waals surface area contributed by atoms with Crippen molar-refractivity contribution in [2.24, 2.45) is 0 Å². The summed E-state index contributed by atoms with van der Waals surface area (Å²) in [5.74, 6) is -0.126. The Hall–Kier alpha value is -1.75. The minimum Gasteiger partial charge on any atom is -0.314 e. The van der Waals surface area contributed by atoms with E-state index >= 15 is 0 Å². The summed E-state index contributed by atoms with van der Waals surface area (Å²) in [6, 6.07) is 7.19. The molecule has 0 fully saturated rings. The van der Waals surface area contributed by atoms with Gasteiger partial charge in [0.1, 0.15) is 5.82 Å². The lowest BCUT2D eigenvalue weighted by atomic mass is 10.1. The summed E-state index contributed by atoms with van der Waals surface area (Å²) in [4.78, 5) is 0. The van der Waals surface area contributed by atoms with E-state index in [1.165, 1.54) is 6.07 Å². The van der Waals surface area contributed by atoms with E-state index in [1.54, 1.807) is 12.3 Å². The molecule has 1 N–H and O–H groups in total. The summed E-state index contributed by atoms with van der Waals surface area (Å²) in [5.41, 5.74) is 0.763. The summed E-state index contributed by atoms with van der Waals surface area (Å²) < 4.78 is 15.3. The number of halogens is 1. The molecule has 0 spiro atoms. The molecular weight excluding hydrogens is 243 g/mol. The molecular formula is C14H19FN4. The minimum absolute atomic E-state index is 0.126. The third-order valence-electron chi connectivity index (χ3n) is 3.01. The second kappa shape index (κ2) is 6.99. The Labute approximate surface area is 112 Å². The van der Waals surface area contributed by atoms with Gasteiger partial charge in [-0.1, -0.05) is 23.4 Å². The van der Waals surface area contributed by atoms with Gasteiger partial charge in [-0.05, 0) is 37.9 Å². The van der Waals surface area contributed by atoms with Crippen molar-refractivity contribution in [2.75, 3.05) is 6.54 Å². The predicted molar refractivity (Wildman–Crippen MR) is 72.2 cm³/mol. The van der Waals surface area contributed by atoms with Crippen LogP contribution in [0.2, 0.25) is 0 Å². The van der Waals surface area contributed by atoms with Gasteiger partial charge in [-0.3, -0.25) is 4.68 Å². The SMILES string of the molecule is CC(Cc1ccccc1F)NCCCn1ccnn1. The molecule has 0 radical (unpaired) electrons. The second-order valence-electron chi connectivity index (χ2n) is 4.67. The molecule has 0 saturated carbocycles. The van der Waals surface area contributed by atoms with E-state index in [-0.39, 0.29) is 11.9 Å². The quantitative estimate of drug-likeness (QED) is 0.776. The van der Waals surface area contributed by atoms with Crippen LogP contribution in [-0.2, 0) is 13.0 Å². The lowest BCUT2D eigenvalue weighted by Gasteiger charge is -2.14.